The van der Waals surface area contributed by atoms with Crippen molar-refractivity contribution in [3.8, 4) is 0 Å². The predicted molar refractivity (Wildman–Crippen MR) is 96.4 cm³/mol. The van der Waals surface area contributed by atoms with Gasteiger partial charge in [0.1, 0.15) is 0 Å². The monoisotopic (exact) mass is 379 g/mol. The third-order valence-electron chi connectivity index (χ3n) is 4.57. The molecule has 0 bridgehead atoms. The van der Waals surface area contributed by atoms with E-state index < -0.39 is 15.8 Å². The van der Waals surface area contributed by atoms with Crippen molar-refractivity contribution in [2.24, 2.45) is 5.92 Å². The molecule has 2 aliphatic heterocycles. The van der Waals surface area contributed by atoms with E-state index in [2.05, 4.69) is 10.6 Å². The molecule has 1 aromatic rings. The van der Waals surface area contributed by atoms with E-state index in [0.717, 1.165) is 0 Å². The van der Waals surface area contributed by atoms with Crippen molar-refractivity contribution in [3.63, 3.8) is 0 Å². The molecule has 2 N–H and O–H groups in total. The zero-order valence-electron chi connectivity index (χ0n) is 14.4. The molecule has 0 saturated carbocycles. The molecular formula is C17H21N3O5S. The van der Waals surface area contributed by atoms with Crippen LogP contribution in [0.2, 0.25) is 0 Å². The number of nitrogens with zero attached hydrogens (tertiary/aromatic N) is 1. The van der Waals surface area contributed by atoms with E-state index in [1.165, 1.54) is 11.8 Å². The van der Waals surface area contributed by atoms with E-state index in [-0.39, 0.29) is 48.2 Å². The van der Waals surface area contributed by atoms with Gasteiger partial charge in [-0.2, -0.15) is 0 Å². The predicted octanol–water partition coefficient (Wildman–Crippen LogP) is 0.301. The molecule has 9 heteroatoms. The van der Waals surface area contributed by atoms with Gasteiger partial charge in [0.15, 0.2) is 9.84 Å². The van der Waals surface area contributed by atoms with Crippen LogP contribution in [0.4, 0.5) is 11.4 Å². The van der Waals surface area contributed by atoms with Crippen LogP contribution in [0.15, 0.2) is 24.3 Å². The van der Waals surface area contributed by atoms with Gasteiger partial charge in [-0.05, 0) is 30.7 Å². The molecule has 2 aliphatic rings. The minimum Gasteiger partial charge on any atom is -0.352 e. The molecule has 2 atom stereocenters. The summed E-state index contributed by atoms with van der Waals surface area (Å²) in [4.78, 5) is 37.2. The minimum atomic E-state index is -3.06. The Morgan fingerprint density at radius 2 is 1.88 bits per heavy atom. The summed E-state index contributed by atoms with van der Waals surface area (Å²) in [6.07, 6.45) is 0.516. The number of nitrogens with one attached hydrogen (secondary N) is 2. The van der Waals surface area contributed by atoms with Crippen molar-refractivity contribution in [2.75, 3.05) is 28.3 Å². The van der Waals surface area contributed by atoms with Gasteiger partial charge in [0.05, 0.1) is 17.4 Å². The number of anilines is 2. The molecule has 26 heavy (non-hydrogen) atoms. The first kappa shape index (κ1) is 18.4. The summed E-state index contributed by atoms with van der Waals surface area (Å²) in [6, 6.07) is 6.45. The zero-order chi connectivity index (χ0) is 18.9. The number of sulfone groups is 1. The summed E-state index contributed by atoms with van der Waals surface area (Å²) in [6.45, 7) is 1.67. The van der Waals surface area contributed by atoms with Gasteiger partial charge in [-0.1, -0.05) is 0 Å². The van der Waals surface area contributed by atoms with Crippen LogP contribution in [0.1, 0.15) is 19.8 Å². The molecule has 3 rings (SSSR count). The lowest BCUT2D eigenvalue weighted by molar-refractivity contribution is -0.126. The number of hydrogen-bond donors (Lipinski definition) is 2. The molecule has 140 valence electrons. The molecule has 3 amide bonds. The number of benzene rings is 1. The summed E-state index contributed by atoms with van der Waals surface area (Å²) < 4.78 is 23.0. The van der Waals surface area contributed by atoms with Crippen LogP contribution in [-0.2, 0) is 24.2 Å². The van der Waals surface area contributed by atoms with E-state index in [9.17, 15) is 22.8 Å². The number of carbonyl (C=O) groups excluding carboxylic acids is 3. The van der Waals surface area contributed by atoms with Gasteiger partial charge in [0, 0.05) is 37.3 Å². The molecular weight excluding hydrogens is 358 g/mol. The van der Waals surface area contributed by atoms with Gasteiger partial charge in [0.25, 0.3) is 0 Å². The molecule has 1 aromatic carbocycles. The molecule has 0 aliphatic carbocycles. The number of amides is 3. The van der Waals surface area contributed by atoms with Crippen LogP contribution in [0.3, 0.4) is 0 Å². The van der Waals surface area contributed by atoms with Gasteiger partial charge < -0.3 is 15.5 Å². The standard InChI is InChI=1S/C17H21N3O5S/c1-11(21)18-13-2-4-15(5-3-13)20-9-12(8-16(20)22)17(23)19-14-6-7-26(24,25)10-14/h2-5,12,14H,6-10H2,1H3,(H,18,21)(H,19,23). The second-order valence-electron chi connectivity index (χ2n) is 6.74. The highest BCUT2D eigenvalue weighted by Gasteiger charge is 2.37. The summed E-state index contributed by atoms with van der Waals surface area (Å²) in [7, 11) is -3.06. The smallest absolute Gasteiger partial charge is 0.227 e. The SMILES string of the molecule is CC(=O)Nc1ccc(N2CC(C(=O)NC3CCS(=O)(=O)C3)CC2=O)cc1. The van der Waals surface area contributed by atoms with Gasteiger partial charge in [-0.3, -0.25) is 14.4 Å². The Bertz CT molecular complexity index is 834. The van der Waals surface area contributed by atoms with E-state index >= 15 is 0 Å². The van der Waals surface area contributed by atoms with Crippen molar-refractivity contribution < 1.29 is 22.8 Å². The van der Waals surface area contributed by atoms with Crippen LogP contribution >= 0.6 is 0 Å². The summed E-state index contributed by atoms with van der Waals surface area (Å²) in [5.41, 5.74) is 1.28. The lowest BCUT2D eigenvalue weighted by Gasteiger charge is -2.18. The fourth-order valence-corrected chi connectivity index (χ4v) is 4.96. The van der Waals surface area contributed by atoms with Crippen molar-refractivity contribution in [3.05, 3.63) is 24.3 Å². The Balaban J connectivity index is 1.61. The molecule has 0 spiro atoms. The molecule has 0 aromatic heterocycles. The zero-order valence-corrected chi connectivity index (χ0v) is 15.2. The Hall–Kier alpha value is -2.42. The van der Waals surface area contributed by atoms with E-state index in [1.54, 1.807) is 24.3 Å². The first-order chi connectivity index (χ1) is 12.2. The second-order valence-corrected chi connectivity index (χ2v) is 8.97. The van der Waals surface area contributed by atoms with Gasteiger partial charge in [-0.25, -0.2) is 8.42 Å². The van der Waals surface area contributed by atoms with Crippen LogP contribution in [-0.4, -0.2) is 50.2 Å². The maximum atomic E-state index is 12.4. The lowest BCUT2D eigenvalue weighted by Crippen LogP contribution is -2.40. The molecule has 2 heterocycles. The molecule has 2 unspecified atom stereocenters. The van der Waals surface area contributed by atoms with Crippen molar-refractivity contribution >= 4 is 38.9 Å². The quantitative estimate of drug-likeness (QED) is 0.781. The van der Waals surface area contributed by atoms with E-state index in [0.29, 0.717) is 17.8 Å². The van der Waals surface area contributed by atoms with E-state index in [4.69, 9.17) is 0 Å². The fraction of sp³-hybridized carbons (Fsp3) is 0.471. The third-order valence-corrected chi connectivity index (χ3v) is 6.34. The number of rotatable bonds is 4. The van der Waals surface area contributed by atoms with Gasteiger partial charge >= 0.3 is 0 Å². The van der Waals surface area contributed by atoms with Gasteiger partial charge in [-0.15, -0.1) is 0 Å². The average Bonchev–Trinajstić information content (AvgIpc) is 3.10. The van der Waals surface area contributed by atoms with Crippen LogP contribution in [0.5, 0.6) is 0 Å². The normalized spacial score (nSPS) is 24.5. The van der Waals surface area contributed by atoms with E-state index in [1.807, 2.05) is 0 Å². The highest BCUT2D eigenvalue weighted by molar-refractivity contribution is 7.91. The Labute approximate surface area is 151 Å². The second kappa shape index (κ2) is 7.06. The van der Waals surface area contributed by atoms with Gasteiger partial charge in [0.2, 0.25) is 17.7 Å². The maximum Gasteiger partial charge on any atom is 0.227 e. The average molecular weight is 379 g/mol. The molecule has 2 saturated heterocycles. The third kappa shape index (κ3) is 4.21. The number of carbonyl (C=O) groups is 3. The Kier molecular flexibility index (Phi) is 4.99. The van der Waals surface area contributed by atoms with Crippen LogP contribution in [0, 0.1) is 5.92 Å². The minimum absolute atomic E-state index is 0.0340. The topological polar surface area (TPSA) is 113 Å². The summed E-state index contributed by atoms with van der Waals surface area (Å²) in [5.74, 6) is -1.06. The Morgan fingerprint density at radius 1 is 1.19 bits per heavy atom. The Morgan fingerprint density at radius 3 is 2.46 bits per heavy atom. The van der Waals surface area contributed by atoms with Crippen LogP contribution < -0.4 is 15.5 Å². The van der Waals surface area contributed by atoms with Crippen molar-refractivity contribution in [1.29, 1.82) is 0 Å². The molecule has 0 radical (unpaired) electrons. The molecule has 2 fully saturated rings. The number of hydrogen-bond acceptors (Lipinski definition) is 5. The highest BCUT2D eigenvalue weighted by Crippen LogP contribution is 2.27. The lowest BCUT2D eigenvalue weighted by atomic mass is 10.1. The van der Waals surface area contributed by atoms with Crippen LogP contribution in [0.25, 0.3) is 0 Å². The first-order valence-electron chi connectivity index (χ1n) is 8.42. The summed E-state index contributed by atoms with van der Waals surface area (Å²) in [5, 5.41) is 5.41. The highest BCUT2D eigenvalue weighted by atomic mass is 32.2. The fourth-order valence-electron chi connectivity index (χ4n) is 3.29. The summed E-state index contributed by atoms with van der Waals surface area (Å²) >= 11 is 0. The van der Waals surface area contributed by atoms with Crippen molar-refractivity contribution in [1.82, 2.24) is 5.32 Å². The largest absolute Gasteiger partial charge is 0.352 e. The maximum absolute atomic E-state index is 12.4. The first-order valence-corrected chi connectivity index (χ1v) is 10.2. The molecule has 8 nitrogen and oxygen atoms in total. The van der Waals surface area contributed by atoms with Crippen molar-refractivity contribution in [2.45, 2.75) is 25.8 Å².